The van der Waals surface area contributed by atoms with Gasteiger partial charge in [-0.3, -0.25) is 9.40 Å². The average Bonchev–Trinajstić information content (AvgIpc) is 3.07. The molecule has 22 heavy (non-hydrogen) atoms. The zero-order chi connectivity index (χ0) is 15.7. The van der Waals surface area contributed by atoms with Crippen LogP contribution in [-0.2, 0) is 17.1 Å². The minimum Gasteiger partial charge on any atom is -0.275 e. The van der Waals surface area contributed by atoms with E-state index in [1.807, 2.05) is 30.3 Å². The molecule has 0 amide bonds. The van der Waals surface area contributed by atoms with E-state index in [1.165, 1.54) is 12.3 Å². The average molecular weight is 354 g/mol. The molecule has 3 rings (SSSR count). The van der Waals surface area contributed by atoms with Gasteiger partial charge < -0.3 is 0 Å². The van der Waals surface area contributed by atoms with Crippen molar-refractivity contribution in [3.63, 3.8) is 0 Å². The Morgan fingerprint density at radius 3 is 2.55 bits per heavy atom. The SMILES string of the molecule is Cn1ncc(NS(=O)(=O)c2ccc(Cl)s2)c1-c1ccccc1. The van der Waals surface area contributed by atoms with Gasteiger partial charge >= 0.3 is 0 Å². The maximum absolute atomic E-state index is 12.4. The van der Waals surface area contributed by atoms with Crippen LogP contribution < -0.4 is 4.72 Å². The van der Waals surface area contributed by atoms with Crippen molar-refractivity contribution >= 4 is 38.6 Å². The molecule has 0 aliphatic heterocycles. The molecule has 0 bridgehead atoms. The van der Waals surface area contributed by atoms with Crippen LogP contribution in [0.3, 0.4) is 0 Å². The van der Waals surface area contributed by atoms with Gasteiger partial charge in [-0.2, -0.15) is 5.10 Å². The van der Waals surface area contributed by atoms with E-state index in [-0.39, 0.29) is 4.21 Å². The zero-order valence-corrected chi connectivity index (χ0v) is 13.9. The first-order valence-electron chi connectivity index (χ1n) is 6.33. The molecule has 1 aromatic carbocycles. The van der Waals surface area contributed by atoms with E-state index in [1.54, 1.807) is 17.8 Å². The topological polar surface area (TPSA) is 64.0 Å². The summed E-state index contributed by atoms with van der Waals surface area (Å²) in [6, 6.07) is 12.5. The van der Waals surface area contributed by atoms with Crippen LogP contribution in [0.1, 0.15) is 0 Å². The smallest absolute Gasteiger partial charge is 0.271 e. The Hall–Kier alpha value is -1.83. The third-order valence-electron chi connectivity index (χ3n) is 3.04. The fourth-order valence-corrected chi connectivity index (χ4v) is 4.62. The van der Waals surface area contributed by atoms with E-state index < -0.39 is 10.0 Å². The molecular weight excluding hydrogens is 342 g/mol. The second-order valence-corrected chi connectivity index (χ2v) is 8.18. The van der Waals surface area contributed by atoms with E-state index in [2.05, 4.69) is 9.82 Å². The van der Waals surface area contributed by atoms with E-state index in [9.17, 15) is 8.42 Å². The number of sulfonamides is 1. The largest absolute Gasteiger partial charge is 0.275 e. The summed E-state index contributed by atoms with van der Waals surface area (Å²) in [5.74, 6) is 0. The van der Waals surface area contributed by atoms with Gasteiger partial charge in [-0.15, -0.1) is 11.3 Å². The molecule has 0 saturated carbocycles. The van der Waals surface area contributed by atoms with Crippen LogP contribution in [0.15, 0.2) is 52.9 Å². The van der Waals surface area contributed by atoms with Crippen molar-refractivity contribution in [2.75, 3.05) is 4.72 Å². The summed E-state index contributed by atoms with van der Waals surface area (Å²) < 4.78 is 29.6. The number of rotatable bonds is 4. The monoisotopic (exact) mass is 353 g/mol. The van der Waals surface area contributed by atoms with Gasteiger partial charge in [-0.05, 0) is 12.1 Å². The molecule has 0 unspecified atom stereocenters. The van der Waals surface area contributed by atoms with Gasteiger partial charge in [-0.1, -0.05) is 41.9 Å². The fourth-order valence-electron chi connectivity index (χ4n) is 2.09. The third-order valence-corrected chi connectivity index (χ3v) is 6.13. The molecular formula is C14H12ClN3O2S2. The summed E-state index contributed by atoms with van der Waals surface area (Å²) >= 11 is 6.82. The Morgan fingerprint density at radius 1 is 1.18 bits per heavy atom. The third kappa shape index (κ3) is 2.87. The predicted molar refractivity (Wildman–Crippen MR) is 88.8 cm³/mol. The Morgan fingerprint density at radius 2 is 1.91 bits per heavy atom. The second-order valence-electron chi connectivity index (χ2n) is 4.56. The number of nitrogens with one attached hydrogen (secondary N) is 1. The molecule has 2 heterocycles. The fraction of sp³-hybridized carbons (Fsp3) is 0.0714. The highest BCUT2D eigenvalue weighted by Gasteiger charge is 2.20. The first-order valence-corrected chi connectivity index (χ1v) is 9.01. The van der Waals surface area contributed by atoms with Gasteiger partial charge in [0.05, 0.1) is 21.9 Å². The number of benzene rings is 1. The van der Waals surface area contributed by atoms with Gasteiger partial charge in [0, 0.05) is 12.6 Å². The number of halogens is 1. The van der Waals surface area contributed by atoms with Crippen LogP contribution in [0.2, 0.25) is 4.34 Å². The van der Waals surface area contributed by atoms with Gasteiger partial charge in [0.1, 0.15) is 4.21 Å². The Kier molecular flexibility index (Phi) is 3.94. The first-order chi connectivity index (χ1) is 10.5. The summed E-state index contributed by atoms with van der Waals surface area (Å²) in [6.07, 6.45) is 1.50. The molecule has 0 aliphatic carbocycles. The molecule has 0 saturated heterocycles. The van der Waals surface area contributed by atoms with Crippen molar-refractivity contribution in [3.8, 4) is 11.3 Å². The maximum Gasteiger partial charge on any atom is 0.271 e. The van der Waals surface area contributed by atoms with Crippen LogP contribution in [0, 0.1) is 0 Å². The molecule has 0 spiro atoms. The number of nitrogens with zero attached hydrogens (tertiary/aromatic N) is 2. The van der Waals surface area contributed by atoms with E-state index in [4.69, 9.17) is 11.6 Å². The summed E-state index contributed by atoms with van der Waals surface area (Å²) in [6.45, 7) is 0. The van der Waals surface area contributed by atoms with Gasteiger partial charge in [0.2, 0.25) is 0 Å². The number of anilines is 1. The summed E-state index contributed by atoms with van der Waals surface area (Å²) in [5, 5.41) is 4.14. The van der Waals surface area contributed by atoms with Crippen LogP contribution in [0.4, 0.5) is 5.69 Å². The second kappa shape index (κ2) is 5.75. The van der Waals surface area contributed by atoms with Crippen molar-refractivity contribution in [1.82, 2.24) is 9.78 Å². The molecule has 0 radical (unpaired) electrons. The number of aryl methyl sites for hydroxylation is 1. The normalized spacial score (nSPS) is 11.5. The molecule has 2 aromatic heterocycles. The van der Waals surface area contributed by atoms with E-state index >= 15 is 0 Å². The zero-order valence-electron chi connectivity index (χ0n) is 11.5. The minimum atomic E-state index is -3.68. The van der Waals surface area contributed by atoms with Crippen molar-refractivity contribution in [3.05, 3.63) is 53.0 Å². The molecule has 8 heteroatoms. The first kappa shape index (κ1) is 15.1. The number of thiophene rings is 1. The van der Waals surface area contributed by atoms with Gasteiger partial charge in [0.25, 0.3) is 10.0 Å². The summed E-state index contributed by atoms with van der Waals surface area (Å²) in [7, 11) is -1.91. The molecule has 0 fully saturated rings. The predicted octanol–water partition coefficient (Wildman–Crippen LogP) is 3.60. The van der Waals surface area contributed by atoms with E-state index in [0.717, 1.165) is 16.9 Å². The summed E-state index contributed by atoms with van der Waals surface area (Å²) in [5.41, 5.74) is 2.01. The number of hydrogen-bond acceptors (Lipinski definition) is 4. The molecule has 1 N–H and O–H groups in total. The standard InChI is InChI=1S/C14H12ClN3O2S2/c1-18-14(10-5-3-2-4-6-10)11(9-16-18)17-22(19,20)13-8-7-12(15)21-13/h2-9,17H,1H3. The maximum atomic E-state index is 12.4. The van der Waals surface area contributed by atoms with E-state index in [0.29, 0.717) is 15.7 Å². The highest BCUT2D eigenvalue weighted by atomic mass is 35.5. The van der Waals surface area contributed by atoms with Crippen LogP contribution in [0.5, 0.6) is 0 Å². The van der Waals surface area contributed by atoms with Crippen LogP contribution in [0.25, 0.3) is 11.3 Å². The quantitative estimate of drug-likeness (QED) is 0.779. The molecule has 0 atom stereocenters. The highest BCUT2D eigenvalue weighted by molar-refractivity contribution is 7.94. The molecule has 114 valence electrons. The van der Waals surface area contributed by atoms with Crippen molar-refractivity contribution < 1.29 is 8.42 Å². The summed E-state index contributed by atoms with van der Waals surface area (Å²) in [4.78, 5) is 0. The Balaban J connectivity index is 2.01. The lowest BCUT2D eigenvalue weighted by molar-refractivity contribution is 0.603. The number of hydrogen-bond donors (Lipinski definition) is 1. The van der Waals surface area contributed by atoms with Crippen molar-refractivity contribution in [2.24, 2.45) is 7.05 Å². The van der Waals surface area contributed by atoms with Crippen molar-refractivity contribution in [2.45, 2.75) is 4.21 Å². The van der Waals surface area contributed by atoms with Crippen LogP contribution in [-0.4, -0.2) is 18.2 Å². The Labute approximate surface area is 137 Å². The molecule has 5 nitrogen and oxygen atoms in total. The Bertz CT molecular complexity index is 901. The lowest BCUT2D eigenvalue weighted by Crippen LogP contribution is -2.12. The van der Waals surface area contributed by atoms with Gasteiger partial charge in [-0.25, -0.2) is 8.42 Å². The lowest BCUT2D eigenvalue weighted by atomic mass is 10.1. The van der Waals surface area contributed by atoms with Gasteiger partial charge in [0.15, 0.2) is 0 Å². The van der Waals surface area contributed by atoms with Crippen LogP contribution >= 0.6 is 22.9 Å². The van der Waals surface area contributed by atoms with Crippen molar-refractivity contribution in [1.29, 1.82) is 0 Å². The highest BCUT2D eigenvalue weighted by Crippen LogP contribution is 2.31. The number of aromatic nitrogens is 2. The minimum absolute atomic E-state index is 0.167. The lowest BCUT2D eigenvalue weighted by Gasteiger charge is -2.08. The molecule has 3 aromatic rings. The molecule has 0 aliphatic rings.